The highest BCUT2D eigenvalue weighted by Crippen LogP contribution is 2.32. The molecule has 1 fully saturated rings. The summed E-state index contributed by atoms with van der Waals surface area (Å²) in [5.74, 6) is 0.732. The molecule has 0 aromatic heterocycles. The van der Waals surface area contributed by atoms with Gasteiger partial charge in [-0.1, -0.05) is 39.0 Å². The van der Waals surface area contributed by atoms with Crippen molar-refractivity contribution >= 4 is 6.09 Å². The second-order valence-electron chi connectivity index (χ2n) is 7.55. The van der Waals surface area contributed by atoms with E-state index in [0.717, 1.165) is 12.5 Å². The Kier molecular flexibility index (Phi) is 8.84. The van der Waals surface area contributed by atoms with Crippen molar-refractivity contribution in [1.29, 1.82) is 0 Å². The van der Waals surface area contributed by atoms with E-state index < -0.39 is 5.60 Å². The van der Waals surface area contributed by atoms with Crippen LogP contribution < -0.4 is 10.6 Å². The third-order valence-electron chi connectivity index (χ3n) is 3.99. The summed E-state index contributed by atoms with van der Waals surface area (Å²) in [4.78, 5) is 11.7. The summed E-state index contributed by atoms with van der Waals surface area (Å²) >= 11 is 0. The third-order valence-corrected chi connectivity index (χ3v) is 3.99. The van der Waals surface area contributed by atoms with Crippen molar-refractivity contribution in [3.8, 4) is 0 Å². The zero-order valence-corrected chi connectivity index (χ0v) is 15.0. The van der Waals surface area contributed by atoms with Gasteiger partial charge in [-0.3, -0.25) is 0 Å². The summed E-state index contributed by atoms with van der Waals surface area (Å²) in [6.07, 6.45) is 10.2. The minimum Gasteiger partial charge on any atom is -0.444 e. The van der Waals surface area contributed by atoms with Crippen molar-refractivity contribution < 1.29 is 9.53 Å². The van der Waals surface area contributed by atoms with E-state index in [1.54, 1.807) is 0 Å². The van der Waals surface area contributed by atoms with Crippen LogP contribution in [0.4, 0.5) is 4.79 Å². The minimum absolute atomic E-state index is 0.306. The summed E-state index contributed by atoms with van der Waals surface area (Å²) in [6.45, 7) is 9.66. The Hall–Kier alpha value is -0.770. The van der Waals surface area contributed by atoms with E-state index in [9.17, 15) is 4.79 Å². The molecular weight excluding hydrogens is 276 g/mol. The summed E-state index contributed by atoms with van der Waals surface area (Å²) in [5.41, 5.74) is -0.426. The molecule has 0 saturated heterocycles. The summed E-state index contributed by atoms with van der Waals surface area (Å²) in [6, 6.07) is 0.406. The van der Waals surface area contributed by atoms with Crippen LogP contribution in [0.5, 0.6) is 0 Å². The second kappa shape index (κ2) is 10.1. The van der Waals surface area contributed by atoms with E-state index in [-0.39, 0.29) is 6.09 Å². The van der Waals surface area contributed by atoms with Gasteiger partial charge in [0.2, 0.25) is 0 Å². The predicted molar refractivity (Wildman–Crippen MR) is 92.1 cm³/mol. The van der Waals surface area contributed by atoms with Crippen molar-refractivity contribution in [2.45, 2.75) is 90.7 Å². The van der Waals surface area contributed by atoms with Crippen LogP contribution in [0.3, 0.4) is 0 Å². The number of nitrogens with one attached hydrogen (secondary N) is 2. The maximum atomic E-state index is 11.7. The van der Waals surface area contributed by atoms with Gasteiger partial charge >= 0.3 is 6.09 Å². The molecular formula is C18H36N2O2. The van der Waals surface area contributed by atoms with Gasteiger partial charge in [-0.2, -0.15) is 0 Å². The molecule has 22 heavy (non-hydrogen) atoms. The molecule has 1 amide bonds. The Morgan fingerprint density at radius 2 is 1.77 bits per heavy atom. The molecule has 0 spiro atoms. The Bertz CT molecular complexity index is 309. The highest BCUT2D eigenvalue weighted by molar-refractivity contribution is 5.67. The van der Waals surface area contributed by atoms with Crippen LogP contribution in [-0.2, 0) is 4.74 Å². The normalized spacial score (nSPS) is 16.4. The number of carbonyl (C=O) groups excluding carboxylic acids is 1. The predicted octanol–water partition coefficient (Wildman–Crippen LogP) is 4.24. The third kappa shape index (κ3) is 10.0. The van der Waals surface area contributed by atoms with E-state index in [1.807, 2.05) is 20.8 Å². The quantitative estimate of drug-likeness (QED) is 0.561. The monoisotopic (exact) mass is 312 g/mol. The van der Waals surface area contributed by atoms with Crippen molar-refractivity contribution in [2.24, 2.45) is 5.92 Å². The fourth-order valence-corrected chi connectivity index (χ4v) is 2.60. The molecule has 0 aliphatic heterocycles. The van der Waals surface area contributed by atoms with Gasteiger partial charge in [0.05, 0.1) is 0 Å². The van der Waals surface area contributed by atoms with Crippen LogP contribution in [-0.4, -0.2) is 30.8 Å². The van der Waals surface area contributed by atoms with Crippen LogP contribution in [0.2, 0.25) is 0 Å². The van der Waals surface area contributed by atoms with Crippen molar-refractivity contribution in [1.82, 2.24) is 10.6 Å². The molecule has 0 aromatic rings. The van der Waals surface area contributed by atoms with Crippen molar-refractivity contribution in [2.75, 3.05) is 13.1 Å². The first-order valence-electron chi connectivity index (χ1n) is 9.12. The average Bonchev–Trinajstić information content (AvgIpc) is 3.23. The molecule has 0 aromatic carbocycles. The molecule has 2 N–H and O–H groups in total. The van der Waals surface area contributed by atoms with Gasteiger partial charge in [0, 0.05) is 12.6 Å². The molecule has 4 heteroatoms. The summed E-state index contributed by atoms with van der Waals surface area (Å²) in [5, 5.41) is 6.53. The fourth-order valence-electron chi connectivity index (χ4n) is 2.60. The molecule has 0 radical (unpaired) electrons. The lowest BCUT2D eigenvalue weighted by molar-refractivity contribution is 0.0521. The largest absolute Gasteiger partial charge is 0.444 e. The molecule has 1 atom stereocenters. The van der Waals surface area contributed by atoms with Crippen LogP contribution in [0.25, 0.3) is 0 Å². The molecule has 130 valence electrons. The van der Waals surface area contributed by atoms with Gasteiger partial charge in [0.1, 0.15) is 5.60 Å². The molecule has 4 nitrogen and oxygen atoms in total. The van der Waals surface area contributed by atoms with Crippen molar-refractivity contribution in [3.05, 3.63) is 0 Å². The molecule has 1 aliphatic rings. The zero-order chi connectivity index (χ0) is 16.4. The average molecular weight is 312 g/mol. The first-order valence-corrected chi connectivity index (χ1v) is 9.12. The number of amides is 1. The lowest BCUT2D eigenvalue weighted by Gasteiger charge is -2.22. The molecule has 1 aliphatic carbocycles. The Balaban J connectivity index is 2.11. The Morgan fingerprint density at radius 1 is 1.14 bits per heavy atom. The summed E-state index contributed by atoms with van der Waals surface area (Å²) < 4.78 is 5.29. The first-order chi connectivity index (χ1) is 10.4. The number of ether oxygens (including phenoxy) is 1. The lowest BCUT2D eigenvalue weighted by Crippen LogP contribution is -2.44. The maximum Gasteiger partial charge on any atom is 0.407 e. The smallest absolute Gasteiger partial charge is 0.407 e. The van der Waals surface area contributed by atoms with E-state index >= 15 is 0 Å². The highest BCUT2D eigenvalue weighted by atomic mass is 16.6. The maximum absolute atomic E-state index is 11.7. The van der Waals surface area contributed by atoms with Gasteiger partial charge in [0.15, 0.2) is 0 Å². The highest BCUT2D eigenvalue weighted by Gasteiger charge is 2.31. The molecule has 0 bridgehead atoms. The van der Waals surface area contributed by atoms with Gasteiger partial charge in [0.25, 0.3) is 0 Å². The van der Waals surface area contributed by atoms with E-state index in [2.05, 4.69) is 17.6 Å². The van der Waals surface area contributed by atoms with Crippen LogP contribution in [0, 0.1) is 5.92 Å². The number of rotatable bonds is 11. The van der Waals surface area contributed by atoms with Gasteiger partial charge in [-0.05, 0) is 52.5 Å². The number of alkyl carbamates (subject to hydrolysis) is 1. The lowest BCUT2D eigenvalue weighted by atomic mass is 10.1. The second-order valence-corrected chi connectivity index (χ2v) is 7.55. The number of unbranched alkanes of at least 4 members (excludes halogenated alkanes) is 5. The number of hydrogen-bond donors (Lipinski definition) is 2. The number of carbonyl (C=O) groups is 1. The first kappa shape index (κ1) is 19.3. The van der Waals surface area contributed by atoms with E-state index in [0.29, 0.717) is 12.6 Å². The number of hydrogen-bond acceptors (Lipinski definition) is 3. The van der Waals surface area contributed by atoms with Gasteiger partial charge < -0.3 is 15.4 Å². The van der Waals surface area contributed by atoms with E-state index in [1.165, 1.54) is 51.4 Å². The Labute approximate surface area is 136 Å². The van der Waals surface area contributed by atoms with Gasteiger partial charge in [-0.15, -0.1) is 0 Å². The van der Waals surface area contributed by atoms with Crippen LogP contribution in [0.15, 0.2) is 0 Å². The molecule has 0 heterocycles. The van der Waals surface area contributed by atoms with Crippen LogP contribution in [0.1, 0.15) is 79.1 Å². The zero-order valence-electron chi connectivity index (χ0n) is 15.0. The summed E-state index contributed by atoms with van der Waals surface area (Å²) in [7, 11) is 0. The minimum atomic E-state index is -0.426. The fraction of sp³-hybridized carbons (Fsp3) is 0.944. The van der Waals surface area contributed by atoms with Crippen molar-refractivity contribution in [3.63, 3.8) is 0 Å². The standard InChI is InChI=1S/C18H36N2O2/c1-5-6-7-8-9-10-13-19-16(15-11-12-15)14-20-17(21)22-18(2,3)4/h15-16,19H,5-14H2,1-4H3,(H,20,21). The molecule has 1 rings (SSSR count). The SMILES string of the molecule is CCCCCCCCNC(CNC(=O)OC(C)(C)C)C1CC1. The van der Waals surface area contributed by atoms with Crippen LogP contribution >= 0.6 is 0 Å². The topological polar surface area (TPSA) is 50.4 Å². The Morgan fingerprint density at radius 3 is 2.36 bits per heavy atom. The van der Waals surface area contributed by atoms with E-state index in [4.69, 9.17) is 4.74 Å². The molecule has 1 unspecified atom stereocenters. The van der Waals surface area contributed by atoms with Gasteiger partial charge in [-0.25, -0.2) is 4.79 Å². The molecule has 1 saturated carbocycles.